The summed E-state index contributed by atoms with van der Waals surface area (Å²) in [6, 6.07) is 13.5. The van der Waals surface area contributed by atoms with E-state index in [0.29, 0.717) is 28.3 Å². The van der Waals surface area contributed by atoms with E-state index in [1.54, 1.807) is 48.5 Å². The maximum absolute atomic E-state index is 12.4. The second-order valence-electron chi connectivity index (χ2n) is 7.41. The highest BCUT2D eigenvalue weighted by molar-refractivity contribution is 6.30. The SMILES string of the molecule is CCCCCCCCCCCC(=O)Oc1ccc(C(=O)c2ccc(Cl)cc2)cc1. The number of ketones is 1. The van der Waals surface area contributed by atoms with Gasteiger partial charge in [-0.2, -0.15) is 0 Å². The van der Waals surface area contributed by atoms with Crippen molar-refractivity contribution in [1.82, 2.24) is 0 Å². The van der Waals surface area contributed by atoms with Gasteiger partial charge in [-0.25, -0.2) is 0 Å². The Kier molecular flexibility index (Phi) is 10.5. The molecule has 0 fully saturated rings. The largest absolute Gasteiger partial charge is 0.427 e. The predicted octanol–water partition coefficient (Wildman–Crippen LogP) is 7.40. The minimum Gasteiger partial charge on any atom is -0.427 e. The van der Waals surface area contributed by atoms with E-state index in [1.807, 2.05) is 0 Å². The maximum Gasteiger partial charge on any atom is 0.311 e. The molecular weight excluding hydrogens is 384 g/mol. The van der Waals surface area contributed by atoms with Crippen LogP contribution in [0.3, 0.4) is 0 Å². The van der Waals surface area contributed by atoms with Gasteiger partial charge >= 0.3 is 5.97 Å². The summed E-state index contributed by atoms with van der Waals surface area (Å²) >= 11 is 5.86. The lowest BCUT2D eigenvalue weighted by molar-refractivity contribution is -0.134. The molecule has 0 N–H and O–H groups in total. The first-order chi connectivity index (χ1) is 14.1. The molecule has 0 spiro atoms. The van der Waals surface area contributed by atoms with Crippen molar-refractivity contribution < 1.29 is 14.3 Å². The second-order valence-corrected chi connectivity index (χ2v) is 7.85. The molecule has 3 nitrogen and oxygen atoms in total. The van der Waals surface area contributed by atoms with Crippen LogP contribution in [0.15, 0.2) is 48.5 Å². The van der Waals surface area contributed by atoms with E-state index in [9.17, 15) is 9.59 Å². The zero-order valence-electron chi connectivity index (χ0n) is 17.3. The smallest absolute Gasteiger partial charge is 0.311 e. The van der Waals surface area contributed by atoms with Crippen molar-refractivity contribution in [3.63, 3.8) is 0 Å². The molecule has 29 heavy (non-hydrogen) atoms. The lowest BCUT2D eigenvalue weighted by Gasteiger charge is -2.06. The molecule has 0 unspecified atom stereocenters. The van der Waals surface area contributed by atoms with Crippen LogP contribution in [0.2, 0.25) is 5.02 Å². The minimum atomic E-state index is -0.218. The van der Waals surface area contributed by atoms with Crippen molar-refractivity contribution in [3.8, 4) is 5.75 Å². The summed E-state index contributed by atoms with van der Waals surface area (Å²) < 4.78 is 5.37. The number of carbonyl (C=O) groups is 2. The molecule has 0 saturated heterocycles. The number of ether oxygens (including phenoxy) is 1. The lowest BCUT2D eigenvalue weighted by Crippen LogP contribution is -2.08. The zero-order chi connectivity index (χ0) is 20.9. The van der Waals surface area contributed by atoms with Gasteiger partial charge in [-0.1, -0.05) is 69.9 Å². The van der Waals surface area contributed by atoms with E-state index >= 15 is 0 Å². The number of esters is 1. The summed E-state index contributed by atoms with van der Waals surface area (Å²) in [7, 11) is 0. The highest BCUT2D eigenvalue weighted by atomic mass is 35.5. The fourth-order valence-electron chi connectivity index (χ4n) is 3.20. The van der Waals surface area contributed by atoms with Crippen LogP contribution < -0.4 is 4.74 Å². The molecule has 156 valence electrons. The maximum atomic E-state index is 12.4. The Morgan fingerprint density at radius 1 is 0.724 bits per heavy atom. The van der Waals surface area contributed by atoms with Crippen molar-refractivity contribution in [1.29, 1.82) is 0 Å². The van der Waals surface area contributed by atoms with Gasteiger partial charge in [-0.3, -0.25) is 9.59 Å². The molecule has 0 radical (unpaired) electrons. The van der Waals surface area contributed by atoms with E-state index < -0.39 is 0 Å². The van der Waals surface area contributed by atoms with E-state index in [4.69, 9.17) is 16.3 Å². The van der Waals surface area contributed by atoms with Crippen LogP contribution in [-0.2, 0) is 4.79 Å². The van der Waals surface area contributed by atoms with Crippen LogP contribution in [0.4, 0.5) is 0 Å². The Bertz CT molecular complexity index is 751. The van der Waals surface area contributed by atoms with Crippen molar-refractivity contribution >= 4 is 23.4 Å². The van der Waals surface area contributed by atoms with Gasteiger partial charge in [0.05, 0.1) is 0 Å². The Hall–Kier alpha value is -2.13. The average Bonchev–Trinajstić information content (AvgIpc) is 2.73. The number of halogens is 1. The molecule has 0 amide bonds. The summed E-state index contributed by atoms with van der Waals surface area (Å²) in [5, 5.41) is 0.593. The normalized spacial score (nSPS) is 10.7. The van der Waals surface area contributed by atoms with Crippen molar-refractivity contribution in [2.75, 3.05) is 0 Å². The van der Waals surface area contributed by atoms with Crippen LogP contribution in [0.1, 0.15) is 87.1 Å². The van der Waals surface area contributed by atoms with Gasteiger partial charge < -0.3 is 4.74 Å². The van der Waals surface area contributed by atoms with Gasteiger partial charge in [-0.15, -0.1) is 0 Å². The molecule has 2 aromatic rings. The topological polar surface area (TPSA) is 43.4 Å². The summed E-state index contributed by atoms with van der Waals surface area (Å²) in [5.41, 5.74) is 1.12. The Labute approximate surface area is 179 Å². The first-order valence-corrected chi connectivity index (χ1v) is 11.1. The van der Waals surface area contributed by atoms with Crippen molar-refractivity contribution in [2.45, 2.75) is 71.1 Å². The van der Waals surface area contributed by atoms with Crippen molar-refractivity contribution in [2.24, 2.45) is 0 Å². The van der Waals surface area contributed by atoms with Crippen LogP contribution >= 0.6 is 11.6 Å². The van der Waals surface area contributed by atoms with E-state index in [1.165, 1.54) is 44.9 Å². The van der Waals surface area contributed by atoms with E-state index in [0.717, 1.165) is 12.8 Å². The van der Waals surface area contributed by atoms with Crippen LogP contribution in [-0.4, -0.2) is 11.8 Å². The van der Waals surface area contributed by atoms with E-state index in [2.05, 4.69) is 6.92 Å². The summed E-state index contributed by atoms with van der Waals surface area (Å²) in [6.45, 7) is 2.23. The third-order valence-electron chi connectivity index (χ3n) is 4.94. The number of hydrogen-bond donors (Lipinski definition) is 0. The zero-order valence-corrected chi connectivity index (χ0v) is 18.0. The van der Waals surface area contributed by atoms with Crippen molar-refractivity contribution in [3.05, 3.63) is 64.7 Å². The standard InChI is InChI=1S/C25H31ClO3/c1-2-3-4-5-6-7-8-9-10-11-24(27)29-23-18-14-21(15-19-23)25(28)20-12-16-22(26)17-13-20/h12-19H,2-11H2,1H3. The molecule has 0 atom stereocenters. The third-order valence-corrected chi connectivity index (χ3v) is 5.19. The van der Waals surface area contributed by atoms with Gasteiger partial charge in [-0.05, 0) is 55.0 Å². The quantitative estimate of drug-likeness (QED) is 0.148. The van der Waals surface area contributed by atoms with E-state index in [-0.39, 0.29) is 11.8 Å². The first-order valence-electron chi connectivity index (χ1n) is 10.7. The van der Waals surface area contributed by atoms with Gasteiger partial charge in [0.2, 0.25) is 0 Å². The molecule has 0 aliphatic heterocycles. The number of hydrogen-bond acceptors (Lipinski definition) is 3. The first kappa shape index (κ1) is 23.2. The number of benzene rings is 2. The molecule has 0 aromatic heterocycles. The van der Waals surface area contributed by atoms with Gasteiger partial charge in [0.25, 0.3) is 0 Å². The van der Waals surface area contributed by atoms with Gasteiger partial charge in [0, 0.05) is 22.6 Å². The Morgan fingerprint density at radius 2 is 1.21 bits per heavy atom. The average molecular weight is 415 g/mol. The molecule has 2 rings (SSSR count). The third kappa shape index (κ3) is 8.82. The molecule has 2 aromatic carbocycles. The molecule has 0 bridgehead atoms. The highest BCUT2D eigenvalue weighted by Gasteiger charge is 2.10. The monoisotopic (exact) mass is 414 g/mol. The fraction of sp³-hybridized carbons (Fsp3) is 0.440. The van der Waals surface area contributed by atoms with Gasteiger partial charge in [0.15, 0.2) is 5.78 Å². The van der Waals surface area contributed by atoms with Crippen LogP contribution in [0.5, 0.6) is 5.75 Å². The summed E-state index contributed by atoms with van der Waals surface area (Å²) in [5.74, 6) is 0.164. The molecule has 0 aliphatic rings. The fourth-order valence-corrected chi connectivity index (χ4v) is 3.33. The van der Waals surface area contributed by atoms with Gasteiger partial charge in [0.1, 0.15) is 5.75 Å². The number of rotatable bonds is 13. The molecule has 0 heterocycles. The predicted molar refractivity (Wildman–Crippen MR) is 119 cm³/mol. The Morgan fingerprint density at radius 3 is 1.76 bits per heavy atom. The number of carbonyl (C=O) groups excluding carboxylic acids is 2. The minimum absolute atomic E-state index is 0.0887. The molecule has 4 heteroatoms. The molecular formula is C25H31ClO3. The molecule has 0 saturated carbocycles. The highest BCUT2D eigenvalue weighted by Crippen LogP contribution is 2.18. The summed E-state index contributed by atoms with van der Waals surface area (Å²) in [4.78, 5) is 24.4. The summed E-state index contributed by atoms with van der Waals surface area (Å²) in [6.07, 6.45) is 11.4. The second kappa shape index (κ2) is 13.2. The van der Waals surface area contributed by atoms with Crippen LogP contribution in [0.25, 0.3) is 0 Å². The van der Waals surface area contributed by atoms with Crippen LogP contribution in [0, 0.1) is 0 Å². The molecule has 0 aliphatic carbocycles. The number of unbranched alkanes of at least 4 members (excludes halogenated alkanes) is 8. The lowest BCUT2D eigenvalue weighted by atomic mass is 10.0. The Balaban J connectivity index is 1.66.